The van der Waals surface area contributed by atoms with Crippen molar-refractivity contribution >= 4 is 48.6 Å². The van der Waals surface area contributed by atoms with Crippen molar-refractivity contribution in [3.05, 3.63) is 206 Å². The van der Waals surface area contributed by atoms with Crippen LogP contribution in [-0.2, 0) is 0 Å². The zero-order valence-electron chi connectivity index (χ0n) is 30.3. The second-order valence-corrected chi connectivity index (χ2v) is 14.8. The van der Waals surface area contributed by atoms with Crippen LogP contribution in [0.15, 0.2) is 206 Å². The molecule has 0 unspecified atom stereocenters. The van der Waals surface area contributed by atoms with Gasteiger partial charge in [0.1, 0.15) is 0 Å². The monoisotopic (exact) mass is 734 g/mol. The molecule has 264 valence electrons. The molecule has 2 aromatic heterocycles. The lowest BCUT2D eigenvalue weighted by Crippen LogP contribution is -2.09. The van der Waals surface area contributed by atoms with Crippen LogP contribution in [0, 0.1) is 0 Å². The molecule has 56 heavy (non-hydrogen) atoms. The van der Waals surface area contributed by atoms with Crippen LogP contribution in [0.5, 0.6) is 0 Å². The van der Waals surface area contributed by atoms with Gasteiger partial charge in [-0.05, 0) is 82.9 Å². The van der Waals surface area contributed by atoms with E-state index in [9.17, 15) is 0 Å². The SMILES string of the molecule is c1ccc(-c2ccc(N(c3ccc(-c4ccccc4)cc3)c3ccc4sc5ccc(-c6nc(-c7ccccc7)nc(-c7ccccc7)n6)cc5c4c3)cc2)cc1. The van der Waals surface area contributed by atoms with Gasteiger partial charge in [0.15, 0.2) is 17.5 Å². The molecule has 0 aliphatic heterocycles. The highest BCUT2D eigenvalue weighted by atomic mass is 32.1. The molecule has 0 fully saturated rings. The molecule has 0 saturated heterocycles. The summed E-state index contributed by atoms with van der Waals surface area (Å²) < 4.78 is 2.44. The third kappa shape index (κ3) is 6.51. The first-order valence-electron chi connectivity index (χ1n) is 18.7. The Morgan fingerprint density at radius 2 is 0.625 bits per heavy atom. The minimum atomic E-state index is 0.647. The van der Waals surface area contributed by atoms with E-state index < -0.39 is 0 Å². The molecule has 10 rings (SSSR count). The number of nitrogens with zero attached hydrogens (tertiary/aromatic N) is 4. The zero-order chi connectivity index (χ0) is 37.3. The topological polar surface area (TPSA) is 41.9 Å². The summed E-state index contributed by atoms with van der Waals surface area (Å²) in [6, 6.07) is 72.4. The Bertz CT molecular complexity index is 2790. The summed E-state index contributed by atoms with van der Waals surface area (Å²) in [6.07, 6.45) is 0. The second kappa shape index (κ2) is 14.6. The van der Waals surface area contributed by atoms with Gasteiger partial charge < -0.3 is 4.90 Å². The lowest BCUT2D eigenvalue weighted by Gasteiger charge is -2.26. The van der Waals surface area contributed by atoms with Crippen LogP contribution in [0.4, 0.5) is 17.1 Å². The molecule has 5 heteroatoms. The first-order chi connectivity index (χ1) is 27.7. The van der Waals surface area contributed by atoms with Gasteiger partial charge in [0.2, 0.25) is 0 Å². The van der Waals surface area contributed by atoms with Crippen molar-refractivity contribution in [2.75, 3.05) is 4.90 Å². The quantitative estimate of drug-likeness (QED) is 0.156. The van der Waals surface area contributed by atoms with Crippen LogP contribution in [0.2, 0.25) is 0 Å². The van der Waals surface area contributed by atoms with E-state index in [1.165, 1.54) is 42.4 Å². The number of aromatic nitrogens is 3. The number of thiophene rings is 1. The van der Waals surface area contributed by atoms with Crippen LogP contribution >= 0.6 is 11.3 Å². The van der Waals surface area contributed by atoms with E-state index >= 15 is 0 Å². The van der Waals surface area contributed by atoms with Gasteiger partial charge in [-0.2, -0.15) is 0 Å². The van der Waals surface area contributed by atoms with E-state index in [0.29, 0.717) is 17.5 Å². The standard InChI is InChI=1S/C51H34N4S/c1-5-13-35(14-6-1)37-21-26-42(27-22-37)55(43-28-23-38(24-29-43)36-15-7-2-8-16-36)44-30-32-48-46(34-44)45-33-41(25-31-47(45)56-48)51-53-49(39-17-9-3-10-18-39)52-50(54-51)40-19-11-4-12-20-40/h1-34H. The molecule has 0 N–H and O–H groups in total. The van der Waals surface area contributed by atoms with Crippen molar-refractivity contribution in [2.45, 2.75) is 0 Å². The minimum Gasteiger partial charge on any atom is -0.310 e. The van der Waals surface area contributed by atoms with Crippen molar-refractivity contribution in [2.24, 2.45) is 0 Å². The molecule has 0 atom stereocenters. The predicted octanol–water partition coefficient (Wildman–Crippen LogP) is 14.0. The van der Waals surface area contributed by atoms with Crippen molar-refractivity contribution < 1.29 is 0 Å². The Morgan fingerprint density at radius 3 is 1.09 bits per heavy atom. The minimum absolute atomic E-state index is 0.647. The van der Waals surface area contributed by atoms with E-state index in [2.05, 4.69) is 150 Å². The number of hydrogen-bond donors (Lipinski definition) is 0. The molecule has 0 aliphatic carbocycles. The predicted molar refractivity (Wildman–Crippen MR) is 235 cm³/mol. The zero-order valence-corrected chi connectivity index (χ0v) is 31.1. The van der Waals surface area contributed by atoms with Gasteiger partial charge in [0.25, 0.3) is 0 Å². The van der Waals surface area contributed by atoms with Gasteiger partial charge in [0, 0.05) is 53.9 Å². The highest BCUT2D eigenvalue weighted by Crippen LogP contribution is 2.42. The second-order valence-electron chi connectivity index (χ2n) is 13.7. The fraction of sp³-hybridized carbons (Fsp3) is 0. The summed E-state index contributed by atoms with van der Waals surface area (Å²) >= 11 is 1.81. The Labute approximate surface area is 329 Å². The molecule has 0 radical (unpaired) electrons. The summed E-state index contributed by atoms with van der Waals surface area (Å²) in [5, 5.41) is 2.36. The fourth-order valence-corrected chi connectivity index (χ4v) is 8.36. The smallest absolute Gasteiger partial charge is 0.164 e. The Morgan fingerprint density at radius 1 is 0.286 bits per heavy atom. The van der Waals surface area contributed by atoms with E-state index in [0.717, 1.165) is 33.8 Å². The van der Waals surface area contributed by atoms with Crippen LogP contribution in [-0.4, -0.2) is 15.0 Å². The fourth-order valence-electron chi connectivity index (χ4n) is 7.30. The van der Waals surface area contributed by atoms with Gasteiger partial charge in [-0.1, -0.05) is 146 Å². The lowest BCUT2D eigenvalue weighted by molar-refractivity contribution is 1.07. The first-order valence-corrected chi connectivity index (χ1v) is 19.5. The third-order valence-electron chi connectivity index (χ3n) is 10.1. The van der Waals surface area contributed by atoms with E-state index in [1.54, 1.807) is 11.3 Å². The molecule has 4 nitrogen and oxygen atoms in total. The van der Waals surface area contributed by atoms with Crippen LogP contribution < -0.4 is 4.90 Å². The van der Waals surface area contributed by atoms with Crippen molar-refractivity contribution in [1.29, 1.82) is 0 Å². The summed E-state index contributed by atoms with van der Waals surface area (Å²) in [4.78, 5) is 17.3. The molecule has 0 saturated carbocycles. The average molecular weight is 735 g/mol. The molecule has 0 aliphatic rings. The van der Waals surface area contributed by atoms with E-state index in [-0.39, 0.29) is 0 Å². The van der Waals surface area contributed by atoms with Crippen molar-refractivity contribution in [3.8, 4) is 56.4 Å². The molecule has 10 aromatic rings. The van der Waals surface area contributed by atoms with Crippen LogP contribution in [0.3, 0.4) is 0 Å². The van der Waals surface area contributed by atoms with E-state index in [1.807, 2.05) is 60.7 Å². The summed E-state index contributed by atoms with van der Waals surface area (Å²) in [5.74, 6) is 1.95. The Hall–Kier alpha value is -7.21. The van der Waals surface area contributed by atoms with Crippen LogP contribution in [0.25, 0.3) is 76.6 Å². The molecule has 2 heterocycles. The van der Waals surface area contributed by atoms with Gasteiger partial charge in [-0.3, -0.25) is 0 Å². The Balaban J connectivity index is 1.09. The highest BCUT2D eigenvalue weighted by Gasteiger charge is 2.18. The first kappa shape index (κ1) is 33.4. The lowest BCUT2D eigenvalue weighted by atomic mass is 10.0. The Kier molecular flexibility index (Phi) is 8.67. The molecule has 0 spiro atoms. The van der Waals surface area contributed by atoms with Gasteiger partial charge in [0.05, 0.1) is 0 Å². The van der Waals surface area contributed by atoms with Gasteiger partial charge >= 0.3 is 0 Å². The maximum absolute atomic E-state index is 5.03. The number of rotatable bonds is 8. The molecule has 0 bridgehead atoms. The number of benzene rings is 8. The van der Waals surface area contributed by atoms with Crippen molar-refractivity contribution in [1.82, 2.24) is 15.0 Å². The highest BCUT2D eigenvalue weighted by molar-refractivity contribution is 7.25. The van der Waals surface area contributed by atoms with Crippen molar-refractivity contribution in [3.63, 3.8) is 0 Å². The maximum Gasteiger partial charge on any atom is 0.164 e. The largest absolute Gasteiger partial charge is 0.310 e. The van der Waals surface area contributed by atoms with Gasteiger partial charge in [-0.25, -0.2) is 15.0 Å². The summed E-state index contributed by atoms with van der Waals surface area (Å²) in [7, 11) is 0. The third-order valence-corrected chi connectivity index (χ3v) is 11.3. The van der Waals surface area contributed by atoms with E-state index in [4.69, 9.17) is 15.0 Å². The number of hydrogen-bond acceptors (Lipinski definition) is 5. The van der Waals surface area contributed by atoms with Gasteiger partial charge in [-0.15, -0.1) is 11.3 Å². The summed E-state index contributed by atoms with van der Waals surface area (Å²) in [5.41, 5.74) is 10.9. The number of anilines is 3. The molecule has 8 aromatic carbocycles. The molecular weight excluding hydrogens is 701 g/mol. The molecule has 0 amide bonds. The summed E-state index contributed by atoms with van der Waals surface area (Å²) in [6.45, 7) is 0. The van der Waals surface area contributed by atoms with Crippen LogP contribution in [0.1, 0.15) is 0 Å². The number of fused-ring (bicyclic) bond motifs is 3. The maximum atomic E-state index is 5.03. The normalized spacial score (nSPS) is 11.2. The average Bonchev–Trinajstić information content (AvgIpc) is 3.65. The molecular formula is C51H34N4S.